The Bertz CT molecular complexity index is 1510. The third kappa shape index (κ3) is 2.22. The monoisotopic (exact) mass is 490 g/mol. The maximum absolute atomic E-state index is 13.9. The number of likely N-dealkylation sites (N-methyl/N-ethyl adjacent to an activating group) is 1. The van der Waals surface area contributed by atoms with Crippen LogP contribution in [0.15, 0.2) is 79.0 Å². The van der Waals surface area contributed by atoms with Crippen molar-refractivity contribution < 1.29 is 18.4 Å². The molecule has 2 aromatic carbocycles. The summed E-state index contributed by atoms with van der Waals surface area (Å²) in [6, 6.07) is 15.6. The maximum Gasteiger partial charge on any atom is 0.291 e. The molecule has 0 fully saturated rings. The summed E-state index contributed by atoms with van der Waals surface area (Å²) in [6.07, 6.45) is 1.50. The molecule has 0 N–H and O–H groups in total. The van der Waals surface area contributed by atoms with Crippen LogP contribution in [0.4, 0.5) is 5.69 Å². The Morgan fingerprint density at radius 3 is 2.62 bits per heavy atom. The van der Waals surface area contributed by atoms with Crippen molar-refractivity contribution in [3.63, 3.8) is 0 Å². The van der Waals surface area contributed by atoms with Gasteiger partial charge in [-0.15, -0.1) is 0 Å². The summed E-state index contributed by atoms with van der Waals surface area (Å²) < 4.78 is 12.2. The van der Waals surface area contributed by atoms with Gasteiger partial charge in [0, 0.05) is 22.8 Å². The third-order valence-electron chi connectivity index (χ3n) is 6.22. The Morgan fingerprint density at radius 1 is 1.03 bits per heavy atom. The summed E-state index contributed by atoms with van der Waals surface area (Å²) in [5.41, 5.74) is -0.518. The summed E-state index contributed by atoms with van der Waals surface area (Å²) in [4.78, 5) is 44.3. The van der Waals surface area contributed by atoms with Crippen LogP contribution in [0.1, 0.15) is 27.4 Å². The van der Waals surface area contributed by atoms with Gasteiger partial charge in [-0.05, 0) is 36.4 Å². The smallest absolute Gasteiger partial charge is 0.291 e. The number of furan rings is 1. The van der Waals surface area contributed by atoms with Gasteiger partial charge in [-0.3, -0.25) is 14.4 Å². The van der Waals surface area contributed by atoms with Crippen molar-refractivity contribution in [2.24, 2.45) is 0 Å². The zero-order valence-electron chi connectivity index (χ0n) is 16.8. The van der Waals surface area contributed by atoms with E-state index in [9.17, 15) is 14.4 Å². The Hall–Kier alpha value is -3.65. The van der Waals surface area contributed by atoms with Crippen LogP contribution >= 0.6 is 15.9 Å². The molecule has 4 aromatic rings. The number of hydrogen-bond donors (Lipinski definition) is 0. The molecule has 1 atom stereocenters. The van der Waals surface area contributed by atoms with Crippen LogP contribution in [0.25, 0.3) is 11.0 Å². The van der Waals surface area contributed by atoms with Crippen molar-refractivity contribution in [3.05, 3.63) is 98.2 Å². The zero-order valence-corrected chi connectivity index (χ0v) is 18.4. The average molecular weight is 491 g/mol. The number of amides is 2. The fourth-order valence-electron chi connectivity index (χ4n) is 4.85. The molecule has 0 bridgehead atoms. The number of anilines is 1. The van der Waals surface area contributed by atoms with Crippen LogP contribution in [0.3, 0.4) is 0 Å². The van der Waals surface area contributed by atoms with Gasteiger partial charge in [0.2, 0.25) is 5.76 Å². The van der Waals surface area contributed by atoms with Gasteiger partial charge in [0.25, 0.3) is 11.8 Å². The molecule has 0 saturated heterocycles. The van der Waals surface area contributed by atoms with Crippen molar-refractivity contribution in [1.82, 2.24) is 4.90 Å². The molecule has 1 spiro atoms. The standard InChI is InChI=1S/C24H15BrN2O5/c1-26-17-7-3-2-6-16(17)24(23(26)30)19-20(28)15-11-13(25)8-9-18(15)32-21(19)22(29)27(24)12-14-5-4-10-31-14/h2-11H,12H2,1H3. The maximum atomic E-state index is 13.9. The number of fused-ring (bicyclic) bond motifs is 5. The largest absolute Gasteiger partial charge is 0.467 e. The van der Waals surface area contributed by atoms with Gasteiger partial charge in [-0.2, -0.15) is 0 Å². The molecular formula is C24H15BrN2O5. The highest BCUT2D eigenvalue weighted by Gasteiger charge is 2.64. The molecule has 0 radical (unpaired) electrons. The number of benzene rings is 2. The molecule has 0 saturated carbocycles. The van der Waals surface area contributed by atoms with E-state index in [1.54, 1.807) is 55.6 Å². The second-order valence-corrected chi connectivity index (χ2v) is 8.75. The number of para-hydroxylation sites is 1. The van der Waals surface area contributed by atoms with Crippen molar-refractivity contribution in [2.45, 2.75) is 12.1 Å². The van der Waals surface area contributed by atoms with Crippen LogP contribution in [-0.2, 0) is 16.9 Å². The fraction of sp³-hybridized carbons (Fsp3) is 0.125. The van der Waals surface area contributed by atoms with E-state index < -0.39 is 16.9 Å². The Balaban J connectivity index is 1.75. The lowest BCUT2D eigenvalue weighted by atomic mass is 9.84. The molecule has 2 aromatic heterocycles. The highest BCUT2D eigenvalue weighted by molar-refractivity contribution is 9.10. The van der Waals surface area contributed by atoms with Crippen molar-refractivity contribution in [1.29, 1.82) is 0 Å². The molecule has 2 aliphatic heterocycles. The van der Waals surface area contributed by atoms with Crippen LogP contribution < -0.4 is 10.3 Å². The van der Waals surface area contributed by atoms with Gasteiger partial charge in [0.15, 0.2) is 11.0 Å². The SMILES string of the molecule is CN1C(=O)C2(c3ccccc31)c1c(oc3ccc(Br)cc3c1=O)C(=O)N2Cc1ccco1. The molecule has 32 heavy (non-hydrogen) atoms. The first-order valence-electron chi connectivity index (χ1n) is 9.93. The average Bonchev–Trinajstić information content (AvgIpc) is 3.45. The Kier molecular flexibility index (Phi) is 3.83. The second-order valence-electron chi connectivity index (χ2n) is 7.84. The molecule has 2 aliphatic rings. The van der Waals surface area contributed by atoms with E-state index >= 15 is 0 Å². The number of hydrogen-bond acceptors (Lipinski definition) is 5. The predicted molar refractivity (Wildman–Crippen MR) is 119 cm³/mol. The van der Waals surface area contributed by atoms with E-state index in [1.165, 1.54) is 16.1 Å². The lowest BCUT2D eigenvalue weighted by Gasteiger charge is -2.33. The molecule has 0 aliphatic carbocycles. The number of carbonyl (C=O) groups excluding carboxylic acids is 2. The molecule has 8 heteroatoms. The molecule has 4 heterocycles. The van der Waals surface area contributed by atoms with Crippen LogP contribution in [0.2, 0.25) is 0 Å². The predicted octanol–water partition coefficient (Wildman–Crippen LogP) is 4.02. The van der Waals surface area contributed by atoms with Gasteiger partial charge in [-0.25, -0.2) is 0 Å². The lowest BCUT2D eigenvalue weighted by Crippen LogP contribution is -2.52. The van der Waals surface area contributed by atoms with E-state index in [1.807, 2.05) is 6.07 Å². The van der Waals surface area contributed by atoms with E-state index in [0.29, 0.717) is 26.9 Å². The Labute approximate surface area is 190 Å². The molecule has 6 rings (SSSR count). The van der Waals surface area contributed by atoms with E-state index in [4.69, 9.17) is 8.83 Å². The minimum absolute atomic E-state index is 0.00340. The molecule has 2 amide bonds. The summed E-state index contributed by atoms with van der Waals surface area (Å²) >= 11 is 3.39. The van der Waals surface area contributed by atoms with Crippen molar-refractivity contribution in [2.75, 3.05) is 11.9 Å². The van der Waals surface area contributed by atoms with Gasteiger partial charge in [-0.1, -0.05) is 34.1 Å². The minimum Gasteiger partial charge on any atom is -0.467 e. The van der Waals surface area contributed by atoms with E-state index in [0.717, 1.165) is 0 Å². The summed E-state index contributed by atoms with van der Waals surface area (Å²) in [5, 5.41) is 0.296. The van der Waals surface area contributed by atoms with Crippen LogP contribution in [-0.4, -0.2) is 23.8 Å². The fourth-order valence-corrected chi connectivity index (χ4v) is 5.21. The molecule has 158 valence electrons. The van der Waals surface area contributed by atoms with E-state index in [-0.39, 0.29) is 29.4 Å². The summed E-state index contributed by atoms with van der Waals surface area (Å²) in [6.45, 7) is 0.00340. The quantitative estimate of drug-likeness (QED) is 0.423. The minimum atomic E-state index is -1.64. The third-order valence-corrected chi connectivity index (χ3v) is 6.72. The highest BCUT2D eigenvalue weighted by atomic mass is 79.9. The second kappa shape index (κ2) is 6.43. The number of carbonyl (C=O) groups is 2. The lowest BCUT2D eigenvalue weighted by molar-refractivity contribution is -0.126. The van der Waals surface area contributed by atoms with Crippen LogP contribution in [0, 0.1) is 0 Å². The summed E-state index contributed by atoms with van der Waals surface area (Å²) in [7, 11) is 1.64. The zero-order chi connectivity index (χ0) is 22.2. The van der Waals surface area contributed by atoms with Crippen molar-refractivity contribution >= 4 is 44.4 Å². The number of rotatable bonds is 2. The first kappa shape index (κ1) is 19.1. The number of nitrogens with zero attached hydrogens (tertiary/aromatic N) is 2. The van der Waals surface area contributed by atoms with Gasteiger partial charge in [0.05, 0.1) is 23.8 Å². The highest BCUT2D eigenvalue weighted by Crippen LogP contribution is 2.52. The number of halogens is 1. The first-order valence-corrected chi connectivity index (χ1v) is 10.7. The van der Waals surface area contributed by atoms with Crippen LogP contribution in [0.5, 0.6) is 0 Å². The van der Waals surface area contributed by atoms with E-state index in [2.05, 4.69) is 15.9 Å². The summed E-state index contributed by atoms with van der Waals surface area (Å²) in [5.74, 6) is -0.546. The molecular weight excluding hydrogens is 476 g/mol. The Morgan fingerprint density at radius 2 is 1.84 bits per heavy atom. The normalized spacial score (nSPS) is 19.3. The van der Waals surface area contributed by atoms with Gasteiger partial charge >= 0.3 is 0 Å². The van der Waals surface area contributed by atoms with Gasteiger partial charge < -0.3 is 18.6 Å². The molecule has 1 unspecified atom stereocenters. The van der Waals surface area contributed by atoms with Gasteiger partial charge in [0.1, 0.15) is 11.3 Å². The van der Waals surface area contributed by atoms with Crippen molar-refractivity contribution in [3.8, 4) is 0 Å². The topological polar surface area (TPSA) is 84.0 Å². The molecule has 7 nitrogen and oxygen atoms in total. The first-order chi connectivity index (χ1) is 15.4.